The summed E-state index contributed by atoms with van der Waals surface area (Å²) in [5, 5.41) is 0. The van der Waals surface area contributed by atoms with Gasteiger partial charge in [-0.3, -0.25) is 0 Å². The van der Waals surface area contributed by atoms with E-state index in [0.717, 1.165) is 29.3 Å². The van der Waals surface area contributed by atoms with E-state index in [0.29, 0.717) is 6.54 Å². The summed E-state index contributed by atoms with van der Waals surface area (Å²) in [5.41, 5.74) is 10.1. The van der Waals surface area contributed by atoms with Crippen molar-refractivity contribution in [3.05, 3.63) is 35.2 Å². The summed E-state index contributed by atoms with van der Waals surface area (Å²) in [7, 11) is 3.72. The van der Waals surface area contributed by atoms with Crippen LogP contribution in [0.1, 0.15) is 17.0 Å². The van der Waals surface area contributed by atoms with Crippen molar-refractivity contribution in [3.8, 4) is 17.1 Å². The molecule has 0 aliphatic rings. The molecule has 102 valence electrons. The molecule has 0 radical (unpaired) electrons. The number of ether oxygens (including phenoxy) is 1. The average Bonchev–Trinajstić information content (AvgIpc) is 2.67. The quantitative estimate of drug-likeness (QED) is 0.916. The van der Waals surface area contributed by atoms with Gasteiger partial charge in [-0.05, 0) is 32.5 Å². The summed E-state index contributed by atoms with van der Waals surface area (Å²) >= 11 is 0. The number of aromatic nitrogens is 2. The Morgan fingerprint density at radius 2 is 2.05 bits per heavy atom. The molecule has 0 spiro atoms. The van der Waals surface area contributed by atoms with Gasteiger partial charge in [-0.15, -0.1) is 0 Å². The number of hydrogen-bond acceptors (Lipinski definition) is 3. The van der Waals surface area contributed by atoms with E-state index < -0.39 is 0 Å². The molecular weight excluding hydrogens is 238 g/mol. The zero-order valence-electron chi connectivity index (χ0n) is 12.0. The van der Waals surface area contributed by atoms with E-state index in [1.165, 1.54) is 11.3 Å². The Morgan fingerprint density at radius 3 is 2.68 bits per heavy atom. The van der Waals surface area contributed by atoms with Gasteiger partial charge >= 0.3 is 0 Å². The van der Waals surface area contributed by atoms with Crippen LogP contribution in [0.4, 0.5) is 0 Å². The van der Waals surface area contributed by atoms with Crippen LogP contribution in [-0.2, 0) is 13.5 Å². The molecule has 4 nitrogen and oxygen atoms in total. The Bertz CT molecular complexity index is 587. The molecule has 0 amide bonds. The average molecular weight is 259 g/mol. The lowest BCUT2D eigenvalue weighted by Crippen LogP contribution is -2.08. The van der Waals surface area contributed by atoms with E-state index in [9.17, 15) is 0 Å². The fraction of sp³-hybridized carbons (Fsp3) is 0.400. The van der Waals surface area contributed by atoms with Crippen LogP contribution in [0.5, 0.6) is 5.75 Å². The number of hydrogen-bond donors (Lipinski definition) is 1. The smallest absolute Gasteiger partial charge is 0.143 e. The van der Waals surface area contributed by atoms with Crippen molar-refractivity contribution in [2.75, 3.05) is 13.7 Å². The number of methoxy groups -OCH3 is 1. The van der Waals surface area contributed by atoms with Crippen LogP contribution in [0.25, 0.3) is 11.4 Å². The molecule has 0 aliphatic carbocycles. The summed E-state index contributed by atoms with van der Waals surface area (Å²) in [6.07, 6.45) is 0.837. The molecule has 1 heterocycles. The molecule has 0 fully saturated rings. The fourth-order valence-corrected chi connectivity index (χ4v) is 2.39. The van der Waals surface area contributed by atoms with E-state index >= 15 is 0 Å². The third-order valence-corrected chi connectivity index (χ3v) is 3.39. The van der Waals surface area contributed by atoms with Crippen LogP contribution >= 0.6 is 0 Å². The van der Waals surface area contributed by atoms with Crippen LogP contribution in [0.15, 0.2) is 18.2 Å². The van der Waals surface area contributed by atoms with Crippen LogP contribution < -0.4 is 10.5 Å². The molecular formula is C15H21N3O. The SMILES string of the molecule is COc1ccc(C)cc1-c1nc(C)c(CCN)n1C. The van der Waals surface area contributed by atoms with E-state index in [4.69, 9.17) is 10.5 Å². The van der Waals surface area contributed by atoms with Crippen molar-refractivity contribution >= 4 is 0 Å². The van der Waals surface area contributed by atoms with Crippen LogP contribution in [0, 0.1) is 13.8 Å². The standard InChI is InChI=1S/C15H21N3O/c1-10-5-6-14(19-4)12(9-10)15-17-11(2)13(7-8-16)18(15)3/h5-6,9H,7-8,16H2,1-4H3. The van der Waals surface area contributed by atoms with E-state index in [-0.39, 0.29) is 0 Å². The zero-order valence-corrected chi connectivity index (χ0v) is 12.0. The van der Waals surface area contributed by atoms with Gasteiger partial charge in [0.25, 0.3) is 0 Å². The van der Waals surface area contributed by atoms with Gasteiger partial charge in [0.1, 0.15) is 11.6 Å². The lowest BCUT2D eigenvalue weighted by Gasteiger charge is -2.10. The number of nitrogens with two attached hydrogens (primary N) is 1. The second-order valence-electron chi connectivity index (χ2n) is 4.77. The normalized spacial score (nSPS) is 10.8. The molecule has 0 aliphatic heterocycles. The predicted molar refractivity (Wildman–Crippen MR) is 77.4 cm³/mol. The van der Waals surface area contributed by atoms with Crippen molar-refractivity contribution in [3.63, 3.8) is 0 Å². The Balaban J connectivity index is 2.59. The van der Waals surface area contributed by atoms with E-state index in [1.807, 2.05) is 26.1 Å². The van der Waals surface area contributed by atoms with Crippen molar-refractivity contribution in [2.24, 2.45) is 12.8 Å². The van der Waals surface area contributed by atoms with Gasteiger partial charge in [0.05, 0.1) is 18.4 Å². The molecule has 0 saturated carbocycles. The van der Waals surface area contributed by atoms with Crippen LogP contribution in [0.2, 0.25) is 0 Å². The van der Waals surface area contributed by atoms with Crippen molar-refractivity contribution < 1.29 is 4.74 Å². The Hall–Kier alpha value is -1.81. The molecule has 4 heteroatoms. The molecule has 0 bridgehead atoms. The van der Waals surface area contributed by atoms with Gasteiger partial charge in [-0.1, -0.05) is 11.6 Å². The molecule has 0 atom stereocenters. The first-order valence-corrected chi connectivity index (χ1v) is 6.45. The third-order valence-electron chi connectivity index (χ3n) is 3.39. The number of aryl methyl sites for hydroxylation is 2. The van der Waals surface area contributed by atoms with Crippen molar-refractivity contribution in [1.29, 1.82) is 0 Å². The Morgan fingerprint density at radius 1 is 1.32 bits per heavy atom. The van der Waals surface area contributed by atoms with Gasteiger partial charge in [0.2, 0.25) is 0 Å². The van der Waals surface area contributed by atoms with Crippen molar-refractivity contribution in [2.45, 2.75) is 20.3 Å². The molecule has 0 saturated heterocycles. The number of nitrogens with zero attached hydrogens (tertiary/aromatic N) is 2. The molecule has 19 heavy (non-hydrogen) atoms. The van der Waals surface area contributed by atoms with E-state index in [2.05, 4.69) is 22.5 Å². The summed E-state index contributed by atoms with van der Waals surface area (Å²) in [4.78, 5) is 4.68. The number of rotatable bonds is 4. The first kappa shape index (κ1) is 13.6. The number of imidazole rings is 1. The molecule has 2 aromatic rings. The van der Waals surface area contributed by atoms with Crippen LogP contribution in [0.3, 0.4) is 0 Å². The lowest BCUT2D eigenvalue weighted by molar-refractivity contribution is 0.416. The first-order chi connectivity index (χ1) is 9.08. The lowest BCUT2D eigenvalue weighted by atomic mass is 10.1. The molecule has 1 aromatic carbocycles. The predicted octanol–water partition coefficient (Wildman–Crippen LogP) is 2.21. The minimum Gasteiger partial charge on any atom is -0.496 e. The second-order valence-corrected chi connectivity index (χ2v) is 4.77. The summed E-state index contributed by atoms with van der Waals surface area (Å²) in [6, 6.07) is 6.13. The Kier molecular flexibility index (Phi) is 3.90. The zero-order chi connectivity index (χ0) is 14.0. The highest BCUT2D eigenvalue weighted by molar-refractivity contribution is 5.66. The van der Waals surface area contributed by atoms with Crippen LogP contribution in [-0.4, -0.2) is 23.2 Å². The highest BCUT2D eigenvalue weighted by Crippen LogP contribution is 2.31. The third kappa shape index (κ3) is 2.49. The summed E-state index contributed by atoms with van der Waals surface area (Å²) in [5.74, 6) is 1.78. The maximum absolute atomic E-state index is 5.66. The van der Waals surface area contributed by atoms with Crippen molar-refractivity contribution in [1.82, 2.24) is 9.55 Å². The fourth-order valence-electron chi connectivity index (χ4n) is 2.39. The highest BCUT2D eigenvalue weighted by atomic mass is 16.5. The van der Waals surface area contributed by atoms with E-state index in [1.54, 1.807) is 7.11 Å². The molecule has 2 rings (SSSR count). The minimum atomic E-state index is 0.630. The molecule has 0 unspecified atom stereocenters. The molecule has 2 N–H and O–H groups in total. The van der Waals surface area contributed by atoms with Gasteiger partial charge in [0.15, 0.2) is 0 Å². The Labute approximate surface area is 114 Å². The maximum atomic E-state index is 5.66. The summed E-state index contributed by atoms with van der Waals surface area (Å²) < 4.78 is 7.55. The van der Waals surface area contributed by atoms with Gasteiger partial charge in [-0.2, -0.15) is 0 Å². The largest absolute Gasteiger partial charge is 0.496 e. The highest BCUT2D eigenvalue weighted by Gasteiger charge is 2.16. The van der Waals surface area contributed by atoms with Gasteiger partial charge < -0.3 is 15.0 Å². The topological polar surface area (TPSA) is 53.1 Å². The molecule has 1 aromatic heterocycles. The number of benzene rings is 1. The maximum Gasteiger partial charge on any atom is 0.143 e. The minimum absolute atomic E-state index is 0.630. The monoisotopic (exact) mass is 259 g/mol. The second kappa shape index (κ2) is 5.45. The van der Waals surface area contributed by atoms with Gasteiger partial charge in [-0.25, -0.2) is 4.98 Å². The first-order valence-electron chi connectivity index (χ1n) is 6.45. The van der Waals surface area contributed by atoms with Gasteiger partial charge in [0, 0.05) is 19.2 Å². The summed E-state index contributed by atoms with van der Waals surface area (Å²) in [6.45, 7) is 4.72.